The molecule has 5 nitrogen and oxygen atoms in total. The second-order valence-electron chi connectivity index (χ2n) is 4.16. The van der Waals surface area contributed by atoms with Crippen molar-refractivity contribution in [3.05, 3.63) is 28.2 Å². The lowest BCUT2D eigenvalue weighted by Crippen LogP contribution is -2.27. The van der Waals surface area contributed by atoms with Gasteiger partial charge in [-0.3, -0.25) is 9.59 Å². The van der Waals surface area contributed by atoms with Crippen molar-refractivity contribution in [3.63, 3.8) is 0 Å². The Bertz CT molecular complexity index is 475. The summed E-state index contributed by atoms with van der Waals surface area (Å²) in [5.41, 5.74) is 5.95. The van der Waals surface area contributed by atoms with E-state index >= 15 is 0 Å². The quantitative estimate of drug-likeness (QED) is 0.765. The lowest BCUT2D eigenvalue weighted by molar-refractivity contribution is 0.0962. The van der Waals surface area contributed by atoms with Crippen LogP contribution in [-0.2, 0) is 6.54 Å². The van der Waals surface area contributed by atoms with Gasteiger partial charge in [0.25, 0.3) is 11.5 Å². The summed E-state index contributed by atoms with van der Waals surface area (Å²) in [6.07, 6.45) is 3.88. The first-order valence-corrected chi connectivity index (χ1v) is 5.34. The van der Waals surface area contributed by atoms with E-state index in [0.717, 1.165) is 12.8 Å². The van der Waals surface area contributed by atoms with E-state index in [1.165, 1.54) is 10.6 Å². The Morgan fingerprint density at radius 3 is 2.88 bits per heavy atom. The Hall–Kier alpha value is -1.78. The molecule has 5 heteroatoms. The van der Waals surface area contributed by atoms with Gasteiger partial charge in [0.15, 0.2) is 0 Å². The van der Waals surface area contributed by atoms with Crippen molar-refractivity contribution in [3.8, 4) is 0 Å². The van der Waals surface area contributed by atoms with Gasteiger partial charge in [0, 0.05) is 19.8 Å². The molecular weight excluding hydrogens is 206 g/mol. The number of carbonyl (C=O) groups is 1. The maximum absolute atomic E-state index is 11.7. The van der Waals surface area contributed by atoms with Crippen molar-refractivity contribution in [2.24, 2.45) is 5.92 Å². The van der Waals surface area contributed by atoms with Crippen LogP contribution in [0, 0.1) is 5.92 Å². The smallest absolute Gasteiger partial charge is 0.273 e. The molecule has 0 unspecified atom stereocenters. The zero-order valence-corrected chi connectivity index (χ0v) is 9.19. The third kappa shape index (κ3) is 2.08. The molecule has 0 bridgehead atoms. The molecule has 1 aromatic rings. The summed E-state index contributed by atoms with van der Waals surface area (Å²) in [7, 11) is 1.55. The molecule has 3 N–H and O–H groups in total. The molecule has 0 aliphatic heterocycles. The number of nitrogens with two attached hydrogens (primary N) is 1. The fraction of sp³-hybridized carbons (Fsp3) is 0.455. The molecule has 2 rings (SSSR count). The highest BCUT2D eigenvalue weighted by molar-refractivity contribution is 5.94. The van der Waals surface area contributed by atoms with Crippen molar-refractivity contribution in [1.29, 1.82) is 0 Å². The van der Waals surface area contributed by atoms with Gasteiger partial charge in [-0.1, -0.05) is 0 Å². The van der Waals surface area contributed by atoms with E-state index in [1.807, 2.05) is 0 Å². The molecule has 0 atom stereocenters. The number of aromatic nitrogens is 1. The van der Waals surface area contributed by atoms with E-state index in [9.17, 15) is 9.59 Å². The van der Waals surface area contributed by atoms with Gasteiger partial charge in [0.1, 0.15) is 0 Å². The standard InChI is InChI=1S/C11H15N3O2/c1-13-10(15)8-4-9(12)11(16)14(6-8)5-7-2-3-7/h4,6-7H,2-3,5,12H2,1H3,(H,13,15). The largest absolute Gasteiger partial charge is 0.394 e. The lowest BCUT2D eigenvalue weighted by Gasteiger charge is -2.08. The molecule has 0 spiro atoms. The number of nitrogens with zero attached hydrogens (tertiary/aromatic N) is 1. The maximum Gasteiger partial charge on any atom is 0.273 e. The van der Waals surface area contributed by atoms with Crippen molar-refractivity contribution < 1.29 is 4.79 Å². The molecule has 0 saturated heterocycles. The van der Waals surface area contributed by atoms with Gasteiger partial charge in [-0.05, 0) is 24.8 Å². The molecule has 86 valence electrons. The summed E-state index contributed by atoms with van der Waals surface area (Å²) in [6, 6.07) is 1.42. The molecular formula is C11H15N3O2. The summed E-state index contributed by atoms with van der Waals surface area (Å²) in [6.45, 7) is 0.661. The Morgan fingerprint density at radius 1 is 1.62 bits per heavy atom. The van der Waals surface area contributed by atoms with Gasteiger partial charge in [-0.15, -0.1) is 0 Å². The average molecular weight is 221 g/mol. The molecule has 1 fully saturated rings. The van der Waals surface area contributed by atoms with Crippen LogP contribution in [0.1, 0.15) is 23.2 Å². The molecule has 1 aromatic heterocycles. The van der Waals surface area contributed by atoms with Crippen LogP contribution in [0.5, 0.6) is 0 Å². The third-order valence-electron chi connectivity index (χ3n) is 2.75. The molecule has 1 aliphatic carbocycles. The van der Waals surface area contributed by atoms with Crippen LogP contribution in [0.15, 0.2) is 17.1 Å². The lowest BCUT2D eigenvalue weighted by atomic mass is 10.2. The number of hydrogen-bond acceptors (Lipinski definition) is 3. The summed E-state index contributed by atoms with van der Waals surface area (Å²) < 4.78 is 1.54. The number of carbonyl (C=O) groups excluding carboxylic acids is 1. The monoisotopic (exact) mass is 221 g/mol. The van der Waals surface area contributed by atoms with Crippen molar-refractivity contribution in [2.75, 3.05) is 12.8 Å². The van der Waals surface area contributed by atoms with Crippen LogP contribution >= 0.6 is 0 Å². The van der Waals surface area contributed by atoms with E-state index in [1.54, 1.807) is 13.2 Å². The first-order valence-electron chi connectivity index (χ1n) is 5.34. The summed E-state index contributed by atoms with van der Waals surface area (Å²) >= 11 is 0. The predicted molar refractivity (Wildman–Crippen MR) is 61.2 cm³/mol. The van der Waals surface area contributed by atoms with Crippen molar-refractivity contribution >= 4 is 11.6 Å². The van der Waals surface area contributed by atoms with Crippen LogP contribution in [0.25, 0.3) is 0 Å². The van der Waals surface area contributed by atoms with Gasteiger partial charge in [0.2, 0.25) is 0 Å². The first kappa shape index (κ1) is 10.7. The first-order chi connectivity index (χ1) is 7.61. The van der Waals surface area contributed by atoms with Gasteiger partial charge in [-0.25, -0.2) is 0 Å². The minimum Gasteiger partial charge on any atom is -0.394 e. The second kappa shape index (κ2) is 4.00. The second-order valence-corrected chi connectivity index (χ2v) is 4.16. The molecule has 1 heterocycles. The zero-order chi connectivity index (χ0) is 11.7. The summed E-state index contributed by atoms with van der Waals surface area (Å²) in [5, 5.41) is 2.51. The van der Waals surface area contributed by atoms with E-state index < -0.39 is 0 Å². The highest BCUT2D eigenvalue weighted by atomic mass is 16.1. The van der Waals surface area contributed by atoms with E-state index in [2.05, 4.69) is 5.32 Å². The Morgan fingerprint density at radius 2 is 2.31 bits per heavy atom. The van der Waals surface area contributed by atoms with E-state index in [0.29, 0.717) is 18.0 Å². The number of amides is 1. The van der Waals surface area contributed by atoms with Crippen molar-refractivity contribution in [2.45, 2.75) is 19.4 Å². The number of anilines is 1. The van der Waals surface area contributed by atoms with Crippen LogP contribution in [-0.4, -0.2) is 17.5 Å². The van der Waals surface area contributed by atoms with E-state index in [-0.39, 0.29) is 17.2 Å². The highest BCUT2D eigenvalue weighted by Crippen LogP contribution is 2.30. The topological polar surface area (TPSA) is 77.1 Å². The van der Waals surface area contributed by atoms with Gasteiger partial charge >= 0.3 is 0 Å². The number of rotatable bonds is 3. The van der Waals surface area contributed by atoms with Crippen molar-refractivity contribution in [1.82, 2.24) is 9.88 Å². The molecule has 1 saturated carbocycles. The third-order valence-corrected chi connectivity index (χ3v) is 2.75. The molecule has 1 aliphatic rings. The fourth-order valence-electron chi connectivity index (χ4n) is 1.64. The number of hydrogen-bond donors (Lipinski definition) is 2. The van der Waals surface area contributed by atoms with Crippen LogP contribution < -0.4 is 16.6 Å². The SMILES string of the molecule is CNC(=O)c1cc(N)c(=O)n(CC2CC2)c1. The van der Waals surface area contributed by atoms with E-state index in [4.69, 9.17) is 5.73 Å². The summed E-state index contributed by atoms with van der Waals surface area (Å²) in [4.78, 5) is 23.1. The number of nitrogen functional groups attached to an aromatic ring is 1. The van der Waals surface area contributed by atoms with Gasteiger partial charge in [-0.2, -0.15) is 0 Å². The molecule has 0 aromatic carbocycles. The average Bonchev–Trinajstić information content (AvgIpc) is 3.07. The van der Waals surface area contributed by atoms with Crippen LogP contribution in [0.4, 0.5) is 5.69 Å². The number of pyridine rings is 1. The fourth-order valence-corrected chi connectivity index (χ4v) is 1.64. The molecule has 0 radical (unpaired) electrons. The van der Waals surface area contributed by atoms with Crippen LogP contribution in [0.3, 0.4) is 0 Å². The molecule has 16 heavy (non-hydrogen) atoms. The van der Waals surface area contributed by atoms with Crippen LogP contribution in [0.2, 0.25) is 0 Å². The predicted octanol–water partition coefficient (Wildman–Crippen LogP) is 0.200. The Labute approximate surface area is 93.3 Å². The van der Waals surface area contributed by atoms with Gasteiger partial charge < -0.3 is 15.6 Å². The summed E-state index contributed by atoms with van der Waals surface area (Å²) in [5.74, 6) is 0.341. The maximum atomic E-state index is 11.7. The Kier molecular flexibility index (Phi) is 2.68. The minimum absolute atomic E-state index is 0.127. The zero-order valence-electron chi connectivity index (χ0n) is 9.19. The number of nitrogens with one attached hydrogen (secondary N) is 1. The highest BCUT2D eigenvalue weighted by Gasteiger charge is 2.22. The Balaban J connectivity index is 2.37. The minimum atomic E-state index is -0.226. The van der Waals surface area contributed by atoms with Gasteiger partial charge in [0.05, 0.1) is 11.3 Å². The normalized spacial score (nSPS) is 14.8. The molecule has 1 amide bonds.